The van der Waals surface area contributed by atoms with Crippen molar-refractivity contribution < 1.29 is 43.2 Å². The second-order valence-electron chi connectivity index (χ2n) is 5.95. The molecule has 0 saturated heterocycles. The van der Waals surface area contributed by atoms with Crippen LogP contribution in [0.4, 0.5) is 0 Å². The third-order valence-corrected chi connectivity index (χ3v) is 3.50. The lowest BCUT2D eigenvalue weighted by molar-refractivity contribution is -0.181. The SMILES string of the molecule is CC(=O)O[C@@H]([C@H](O)[C@H](C)OC(C)=O)[C@@H](/C=C\[C@H]1CC=CC(=O)O1)OC(C)=O. The minimum Gasteiger partial charge on any atom is -0.460 e. The number of ether oxygens (including phenoxy) is 4. The average Bonchev–Trinajstić information content (AvgIpc) is 2.55. The first-order valence-electron chi connectivity index (χ1n) is 8.35. The Morgan fingerprint density at radius 2 is 1.74 bits per heavy atom. The zero-order valence-corrected chi connectivity index (χ0v) is 15.6. The lowest BCUT2D eigenvalue weighted by atomic mass is 10.0. The lowest BCUT2D eigenvalue weighted by Crippen LogP contribution is -2.48. The van der Waals surface area contributed by atoms with Crippen molar-refractivity contribution in [1.29, 1.82) is 0 Å². The highest BCUT2D eigenvalue weighted by atomic mass is 16.6. The fourth-order valence-corrected chi connectivity index (χ4v) is 2.42. The van der Waals surface area contributed by atoms with Crippen molar-refractivity contribution in [2.45, 2.75) is 64.6 Å². The van der Waals surface area contributed by atoms with Gasteiger partial charge >= 0.3 is 23.9 Å². The smallest absolute Gasteiger partial charge is 0.331 e. The summed E-state index contributed by atoms with van der Waals surface area (Å²) in [5.74, 6) is -2.56. The molecule has 1 rings (SSSR count). The van der Waals surface area contributed by atoms with Gasteiger partial charge in [-0.1, -0.05) is 6.08 Å². The standard InChI is InChI=1S/C18H24O9/c1-10(24-11(2)19)17(23)18(26-13(4)21)15(25-12(3)20)9-8-14-6-5-7-16(22)27-14/h5,7-10,14-15,17-18,23H,6H2,1-4H3/b9-8-/t10-,14+,15+,17+,18+/m0/s1. The molecule has 5 atom stereocenters. The van der Waals surface area contributed by atoms with Gasteiger partial charge in [0.1, 0.15) is 18.3 Å². The van der Waals surface area contributed by atoms with Crippen LogP contribution in [-0.4, -0.2) is 59.5 Å². The maximum absolute atomic E-state index is 11.5. The summed E-state index contributed by atoms with van der Waals surface area (Å²) < 4.78 is 20.2. The van der Waals surface area contributed by atoms with E-state index in [0.717, 1.165) is 13.8 Å². The molecule has 1 heterocycles. The molecule has 0 aromatic rings. The number of esters is 4. The molecule has 150 valence electrons. The van der Waals surface area contributed by atoms with Gasteiger partial charge in [-0.2, -0.15) is 0 Å². The van der Waals surface area contributed by atoms with Gasteiger partial charge in [0.15, 0.2) is 12.2 Å². The predicted molar refractivity (Wildman–Crippen MR) is 91.1 cm³/mol. The van der Waals surface area contributed by atoms with Crippen LogP contribution < -0.4 is 0 Å². The normalized spacial score (nSPS) is 20.9. The third kappa shape index (κ3) is 8.04. The number of hydrogen-bond donors (Lipinski definition) is 1. The minimum atomic E-state index is -1.47. The van der Waals surface area contributed by atoms with Crippen LogP contribution in [0, 0.1) is 0 Å². The Morgan fingerprint density at radius 1 is 1.15 bits per heavy atom. The first kappa shape index (κ1) is 22.4. The number of hydrogen-bond acceptors (Lipinski definition) is 9. The topological polar surface area (TPSA) is 125 Å². The summed E-state index contributed by atoms with van der Waals surface area (Å²) >= 11 is 0. The van der Waals surface area contributed by atoms with Crippen LogP contribution in [0.25, 0.3) is 0 Å². The van der Waals surface area contributed by atoms with E-state index in [9.17, 15) is 24.3 Å². The summed E-state index contributed by atoms with van der Waals surface area (Å²) in [5.41, 5.74) is 0. The van der Waals surface area contributed by atoms with Crippen molar-refractivity contribution in [2.75, 3.05) is 0 Å². The van der Waals surface area contributed by atoms with Crippen molar-refractivity contribution in [3.8, 4) is 0 Å². The summed E-state index contributed by atoms with van der Waals surface area (Å²) in [5, 5.41) is 10.5. The molecule has 0 aromatic heterocycles. The molecule has 1 N–H and O–H groups in total. The van der Waals surface area contributed by atoms with Crippen LogP contribution in [0.2, 0.25) is 0 Å². The van der Waals surface area contributed by atoms with Gasteiger partial charge in [0.25, 0.3) is 0 Å². The van der Waals surface area contributed by atoms with E-state index in [-0.39, 0.29) is 0 Å². The van der Waals surface area contributed by atoms with E-state index < -0.39 is 54.4 Å². The Labute approximate surface area is 156 Å². The molecule has 0 unspecified atom stereocenters. The van der Waals surface area contributed by atoms with Gasteiger partial charge in [-0.3, -0.25) is 14.4 Å². The molecule has 9 heteroatoms. The molecule has 0 saturated carbocycles. The fourth-order valence-electron chi connectivity index (χ4n) is 2.42. The zero-order valence-electron chi connectivity index (χ0n) is 15.6. The highest BCUT2D eigenvalue weighted by molar-refractivity contribution is 5.82. The Bertz CT molecular complexity index is 622. The van der Waals surface area contributed by atoms with Gasteiger partial charge < -0.3 is 24.1 Å². The summed E-state index contributed by atoms with van der Waals surface area (Å²) in [4.78, 5) is 45.3. The molecule has 0 amide bonds. The Hall–Kier alpha value is -2.68. The number of carbonyl (C=O) groups excluding carboxylic acids is 4. The van der Waals surface area contributed by atoms with E-state index in [4.69, 9.17) is 18.9 Å². The molecule has 9 nitrogen and oxygen atoms in total. The lowest BCUT2D eigenvalue weighted by Gasteiger charge is -2.31. The summed E-state index contributed by atoms with van der Waals surface area (Å²) in [6, 6.07) is 0. The maximum atomic E-state index is 11.5. The zero-order chi connectivity index (χ0) is 20.6. The molecule has 0 aromatic carbocycles. The number of aliphatic hydroxyl groups excluding tert-OH is 1. The van der Waals surface area contributed by atoms with Crippen molar-refractivity contribution in [1.82, 2.24) is 0 Å². The predicted octanol–water partition coefficient (Wildman–Crippen LogP) is 0.590. The van der Waals surface area contributed by atoms with Crippen LogP contribution in [0.3, 0.4) is 0 Å². The highest BCUT2D eigenvalue weighted by Crippen LogP contribution is 2.18. The molecule has 1 aliphatic heterocycles. The van der Waals surface area contributed by atoms with Crippen LogP contribution in [0.5, 0.6) is 0 Å². The van der Waals surface area contributed by atoms with Gasteiger partial charge in [0, 0.05) is 33.3 Å². The van der Waals surface area contributed by atoms with E-state index in [1.807, 2.05) is 0 Å². The first-order chi connectivity index (χ1) is 12.6. The molecule has 0 aliphatic carbocycles. The van der Waals surface area contributed by atoms with Gasteiger partial charge in [0.2, 0.25) is 0 Å². The number of rotatable bonds is 8. The molecular formula is C18H24O9. The fraction of sp³-hybridized carbons (Fsp3) is 0.556. The van der Waals surface area contributed by atoms with Gasteiger partial charge in [0.05, 0.1) is 0 Å². The van der Waals surface area contributed by atoms with Crippen molar-refractivity contribution >= 4 is 23.9 Å². The van der Waals surface area contributed by atoms with E-state index in [0.29, 0.717) is 6.42 Å². The molecule has 0 bridgehead atoms. The van der Waals surface area contributed by atoms with Gasteiger partial charge in [-0.05, 0) is 19.1 Å². The van der Waals surface area contributed by atoms with E-state index in [2.05, 4.69) is 0 Å². The van der Waals surface area contributed by atoms with Crippen LogP contribution in [-0.2, 0) is 38.1 Å². The quantitative estimate of drug-likeness (QED) is 0.363. The van der Waals surface area contributed by atoms with E-state index in [1.165, 1.54) is 32.1 Å². The number of aliphatic hydroxyl groups is 1. The Kier molecular flexibility index (Phi) is 8.67. The summed E-state index contributed by atoms with van der Waals surface area (Å²) in [6.07, 6.45) is 0.527. The largest absolute Gasteiger partial charge is 0.460 e. The summed E-state index contributed by atoms with van der Waals surface area (Å²) in [7, 11) is 0. The molecule has 1 aliphatic rings. The van der Waals surface area contributed by atoms with E-state index >= 15 is 0 Å². The number of carbonyl (C=O) groups is 4. The van der Waals surface area contributed by atoms with Crippen LogP contribution >= 0.6 is 0 Å². The molecule has 0 spiro atoms. The van der Waals surface area contributed by atoms with E-state index in [1.54, 1.807) is 6.08 Å². The number of cyclic esters (lactones) is 1. The van der Waals surface area contributed by atoms with Crippen molar-refractivity contribution in [3.05, 3.63) is 24.3 Å². The maximum Gasteiger partial charge on any atom is 0.331 e. The van der Waals surface area contributed by atoms with Gasteiger partial charge in [-0.15, -0.1) is 0 Å². The first-order valence-corrected chi connectivity index (χ1v) is 8.35. The molecule has 27 heavy (non-hydrogen) atoms. The highest BCUT2D eigenvalue weighted by Gasteiger charge is 2.37. The van der Waals surface area contributed by atoms with Crippen LogP contribution in [0.15, 0.2) is 24.3 Å². The van der Waals surface area contributed by atoms with Crippen LogP contribution in [0.1, 0.15) is 34.1 Å². The Balaban J connectivity index is 3.04. The second kappa shape index (κ2) is 10.5. The minimum absolute atomic E-state index is 0.416. The average molecular weight is 384 g/mol. The van der Waals surface area contributed by atoms with Crippen molar-refractivity contribution in [2.24, 2.45) is 0 Å². The molecular weight excluding hydrogens is 360 g/mol. The molecule has 0 radical (unpaired) electrons. The second-order valence-corrected chi connectivity index (χ2v) is 5.95. The third-order valence-electron chi connectivity index (χ3n) is 3.50. The summed E-state index contributed by atoms with van der Waals surface area (Å²) in [6.45, 7) is 4.85. The molecule has 0 fully saturated rings. The Morgan fingerprint density at radius 3 is 2.26 bits per heavy atom. The van der Waals surface area contributed by atoms with Crippen molar-refractivity contribution in [3.63, 3.8) is 0 Å². The van der Waals surface area contributed by atoms with Gasteiger partial charge in [-0.25, -0.2) is 4.79 Å². The monoisotopic (exact) mass is 384 g/mol.